The monoisotopic (exact) mass is 414 g/mol. The summed E-state index contributed by atoms with van der Waals surface area (Å²) in [6.45, 7) is 0.480. The van der Waals surface area contributed by atoms with Crippen LogP contribution in [-0.4, -0.2) is 52.4 Å². The van der Waals surface area contributed by atoms with E-state index < -0.39 is 10.2 Å². The van der Waals surface area contributed by atoms with Crippen molar-refractivity contribution >= 4 is 27.8 Å². The molecule has 1 atom stereocenters. The average molecular weight is 414 g/mol. The number of rotatable bonds is 5. The van der Waals surface area contributed by atoms with E-state index in [1.807, 2.05) is 0 Å². The summed E-state index contributed by atoms with van der Waals surface area (Å²) >= 11 is 1.25. The number of hydrogen-bond acceptors (Lipinski definition) is 8. The maximum atomic E-state index is 13.4. The van der Waals surface area contributed by atoms with Gasteiger partial charge in [-0.05, 0) is 40.0 Å². The maximum Gasteiger partial charge on any atom is 0.276 e. The Morgan fingerprint density at radius 1 is 1.44 bits per heavy atom. The van der Waals surface area contributed by atoms with Crippen molar-refractivity contribution in [3.63, 3.8) is 0 Å². The molecule has 2 aliphatic rings. The lowest BCUT2D eigenvalue weighted by Crippen LogP contribution is -2.54. The minimum absolute atomic E-state index is 0.0429. The van der Waals surface area contributed by atoms with E-state index in [4.69, 9.17) is 9.77 Å². The number of nitrogens with zero attached hydrogens (tertiary/aromatic N) is 4. The SMILES string of the molecule is NS(=O)(=O)N1CC(Sc2nonc2/C(=N\O)N[C@H]2Cc3ccc(F)cc32)C1. The highest BCUT2D eigenvalue weighted by molar-refractivity contribution is 8.00. The molecule has 10 nitrogen and oxygen atoms in total. The van der Waals surface area contributed by atoms with Crippen LogP contribution in [0.15, 0.2) is 33.0 Å². The van der Waals surface area contributed by atoms with Crippen LogP contribution in [0, 0.1) is 5.82 Å². The zero-order chi connectivity index (χ0) is 19.2. The first kappa shape index (κ1) is 18.2. The molecule has 2 aromatic rings. The molecule has 4 rings (SSSR count). The van der Waals surface area contributed by atoms with Crippen LogP contribution in [0.3, 0.4) is 0 Å². The topological polar surface area (TPSA) is 147 Å². The van der Waals surface area contributed by atoms with Gasteiger partial charge in [0.15, 0.2) is 16.6 Å². The van der Waals surface area contributed by atoms with Crippen molar-refractivity contribution in [3.05, 3.63) is 40.8 Å². The highest BCUT2D eigenvalue weighted by Crippen LogP contribution is 2.35. The molecule has 13 heteroatoms. The summed E-state index contributed by atoms with van der Waals surface area (Å²) in [5.74, 6) is -0.298. The van der Waals surface area contributed by atoms with E-state index in [0.29, 0.717) is 11.4 Å². The van der Waals surface area contributed by atoms with Gasteiger partial charge in [-0.1, -0.05) is 23.0 Å². The Labute approximate surface area is 157 Å². The molecule has 0 amide bonds. The van der Waals surface area contributed by atoms with Gasteiger partial charge in [0.2, 0.25) is 0 Å². The fourth-order valence-electron chi connectivity index (χ4n) is 2.96. The number of benzene rings is 1. The van der Waals surface area contributed by atoms with E-state index in [-0.39, 0.29) is 41.7 Å². The normalized spacial score (nSPS) is 20.7. The highest BCUT2D eigenvalue weighted by Gasteiger charge is 2.36. The molecule has 0 bridgehead atoms. The second-order valence-corrected chi connectivity index (χ2v) is 9.05. The minimum atomic E-state index is -3.70. The van der Waals surface area contributed by atoms with E-state index in [2.05, 4.69) is 20.8 Å². The highest BCUT2D eigenvalue weighted by atomic mass is 32.2. The minimum Gasteiger partial charge on any atom is -0.409 e. The molecule has 1 aliphatic carbocycles. The van der Waals surface area contributed by atoms with E-state index in [9.17, 15) is 18.0 Å². The van der Waals surface area contributed by atoms with E-state index in [0.717, 1.165) is 15.4 Å². The fraction of sp³-hybridized carbons (Fsp3) is 0.357. The van der Waals surface area contributed by atoms with Gasteiger partial charge in [-0.3, -0.25) is 0 Å². The van der Waals surface area contributed by atoms with Crippen molar-refractivity contribution in [2.24, 2.45) is 10.3 Å². The van der Waals surface area contributed by atoms with Crippen LogP contribution >= 0.6 is 11.8 Å². The number of amidine groups is 1. The number of halogens is 1. The standard InChI is InChI=1S/C14H15FN6O4S2/c15-8-2-1-7-3-11(10(7)4-8)17-13(18-22)12-14(20-25-19-12)26-9-5-21(6-9)27(16,23)24/h1-2,4,9,11,22H,3,5-6H2,(H,17,18)(H2,16,23,24)/t11-/m0/s1. The summed E-state index contributed by atoms with van der Waals surface area (Å²) in [6.07, 6.45) is 0.647. The fourth-order valence-corrected chi connectivity index (χ4v) is 5.07. The second kappa shape index (κ2) is 6.74. The van der Waals surface area contributed by atoms with Gasteiger partial charge in [0.1, 0.15) is 5.82 Å². The van der Waals surface area contributed by atoms with Crippen LogP contribution in [0.5, 0.6) is 0 Å². The van der Waals surface area contributed by atoms with Gasteiger partial charge in [-0.15, -0.1) is 0 Å². The Bertz CT molecular complexity index is 1000. The number of hydrogen-bond donors (Lipinski definition) is 3. The lowest BCUT2D eigenvalue weighted by atomic mass is 9.83. The van der Waals surface area contributed by atoms with Crippen LogP contribution < -0.4 is 10.5 Å². The number of fused-ring (bicyclic) bond motifs is 1. The molecule has 144 valence electrons. The number of aromatic nitrogens is 2. The third-order valence-corrected chi connectivity index (χ3v) is 6.59. The molecule has 27 heavy (non-hydrogen) atoms. The number of oxime groups is 1. The van der Waals surface area contributed by atoms with E-state index >= 15 is 0 Å². The zero-order valence-corrected chi connectivity index (χ0v) is 15.4. The first-order valence-corrected chi connectivity index (χ1v) is 10.3. The molecular formula is C14H15FN6O4S2. The summed E-state index contributed by atoms with van der Waals surface area (Å²) in [6, 6.07) is 4.32. The Kier molecular flexibility index (Phi) is 4.53. The van der Waals surface area contributed by atoms with Gasteiger partial charge in [0, 0.05) is 18.3 Å². The molecule has 0 unspecified atom stereocenters. The van der Waals surface area contributed by atoms with Crippen LogP contribution in [0.1, 0.15) is 22.9 Å². The predicted molar refractivity (Wildman–Crippen MR) is 92.9 cm³/mol. The molecule has 1 aromatic carbocycles. The predicted octanol–water partition coefficient (Wildman–Crippen LogP) is 0.211. The van der Waals surface area contributed by atoms with Crippen molar-refractivity contribution in [1.82, 2.24) is 19.9 Å². The Morgan fingerprint density at radius 3 is 2.93 bits per heavy atom. The summed E-state index contributed by atoms with van der Waals surface area (Å²) < 4.78 is 41.7. The van der Waals surface area contributed by atoms with Gasteiger partial charge in [-0.25, -0.2) is 14.2 Å². The molecule has 1 saturated heterocycles. The van der Waals surface area contributed by atoms with Crippen LogP contribution in [0.2, 0.25) is 0 Å². The molecule has 1 aromatic heterocycles. The van der Waals surface area contributed by atoms with Gasteiger partial charge in [-0.2, -0.15) is 12.7 Å². The molecule has 1 aliphatic heterocycles. The van der Waals surface area contributed by atoms with Gasteiger partial charge in [0.05, 0.1) is 6.04 Å². The van der Waals surface area contributed by atoms with Crippen LogP contribution in [0.4, 0.5) is 4.39 Å². The van der Waals surface area contributed by atoms with Crippen molar-refractivity contribution in [3.8, 4) is 0 Å². The molecule has 4 N–H and O–H groups in total. The second-order valence-electron chi connectivity index (χ2n) is 6.21. The molecule has 1 fully saturated rings. The van der Waals surface area contributed by atoms with Crippen LogP contribution in [-0.2, 0) is 16.6 Å². The number of nitrogens with one attached hydrogen (secondary N) is 1. The number of nitrogens with two attached hydrogens (primary N) is 1. The molecular weight excluding hydrogens is 399 g/mol. The molecule has 0 saturated carbocycles. The third kappa shape index (κ3) is 3.50. The number of thioether (sulfide) groups is 1. The summed E-state index contributed by atoms with van der Waals surface area (Å²) in [5.41, 5.74) is 1.99. The van der Waals surface area contributed by atoms with Crippen LogP contribution in [0.25, 0.3) is 0 Å². The molecule has 2 heterocycles. The summed E-state index contributed by atoms with van der Waals surface area (Å²) in [7, 11) is -3.70. The third-order valence-electron chi connectivity index (χ3n) is 4.45. The van der Waals surface area contributed by atoms with Gasteiger partial charge >= 0.3 is 0 Å². The Balaban J connectivity index is 1.44. The van der Waals surface area contributed by atoms with Gasteiger partial charge < -0.3 is 10.5 Å². The smallest absolute Gasteiger partial charge is 0.276 e. The Morgan fingerprint density at radius 2 is 2.22 bits per heavy atom. The van der Waals surface area contributed by atoms with Crippen molar-refractivity contribution in [2.75, 3.05) is 13.1 Å². The van der Waals surface area contributed by atoms with Crippen molar-refractivity contribution in [2.45, 2.75) is 22.7 Å². The summed E-state index contributed by atoms with van der Waals surface area (Å²) in [5, 5.41) is 28.5. The Hall–Kier alpha value is -2.22. The average Bonchev–Trinajstić information content (AvgIpc) is 3.00. The maximum absolute atomic E-state index is 13.4. The lowest BCUT2D eigenvalue weighted by molar-refractivity contribution is 0.295. The van der Waals surface area contributed by atoms with E-state index in [1.54, 1.807) is 6.07 Å². The van der Waals surface area contributed by atoms with Gasteiger partial charge in [0.25, 0.3) is 10.2 Å². The quantitative estimate of drug-likeness (QED) is 0.272. The molecule has 0 radical (unpaired) electrons. The van der Waals surface area contributed by atoms with Crippen molar-refractivity contribution in [1.29, 1.82) is 0 Å². The largest absolute Gasteiger partial charge is 0.409 e. The van der Waals surface area contributed by atoms with Crippen molar-refractivity contribution < 1.29 is 22.6 Å². The molecule has 0 spiro atoms. The first-order chi connectivity index (χ1) is 12.8. The summed E-state index contributed by atoms with van der Waals surface area (Å²) in [4.78, 5) is 0. The first-order valence-electron chi connectivity index (χ1n) is 7.89. The zero-order valence-electron chi connectivity index (χ0n) is 13.7. The van der Waals surface area contributed by atoms with E-state index in [1.165, 1.54) is 23.9 Å². The lowest BCUT2D eigenvalue weighted by Gasteiger charge is -2.35.